The normalized spacial score (nSPS) is 19.6. The zero-order valence-corrected chi connectivity index (χ0v) is 11.9. The average Bonchev–Trinajstić information content (AvgIpc) is 2.83. The SMILES string of the molecule is CNC(=O)C1CCCN1Cc1cc(C)c(O)c(C)c1. The Morgan fingerprint density at radius 3 is 2.63 bits per heavy atom. The summed E-state index contributed by atoms with van der Waals surface area (Å²) in [5, 5.41) is 12.5. The first-order valence-electron chi connectivity index (χ1n) is 6.77. The number of aromatic hydroxyl groups is 1. The highest BCUT2D eigenvalue weighted by Gasteiger charge is 2.29. The number of nitrogens with zero attached hydrogens (tertiary/aromatic N) is 1. The molecule has 1 amide bonds. The maximum Gasteiger partial charge on any atom is 0.237 e. The number of phenols is 1. The first-order chi connectivity index (χ1) is 9.02. The molecule has 1 aromatic rings. The summed E-state index contributed by atoms with van der Waals surface area (Å²) in [7, 11) is 1.69. The van der Waals surface area contributed by atoms with Gasteiger partial charge in [-0.15, -0.1) is 0 Å². The van der Waals surface area contributed by atoms with Gasteiger partial charge in [0.2, 0.25) is 5.91 Å². The van der Waals surface area contributed by atoms with Gasteiger partial charge < -0.3 is 10.4 Å². The van der Waals surface area contributed by atoms with Crippen LogP contribution in [0.4, 0.5) is 0 Å². The van der Waals surface area contributed by atoms with Crippen molar-refractivity contribution in [1.29, 1.82) is 0 Å². The molecule has 4 nitrogen and oxygen atoms in total. The second-order valence-electron chi connectivity index (χ2n) is 5.32. The van der Waals surface area contributed by atoms with Gasteiger partial charge in [-0.1, -0.05) is 12.1 Å². The van der Waals surface area contributed by atoms with Gasteiger partial charge in [0.1, 0.15) is 5.75 Å². The number of phenolic OH excluding ortho intramolecular Hbond substituents is 1. The molecule has 1 atom stereocenters. The van der Waals surface area contributed by atoms with E-state index in [4.69, 9.17) is 0 Å². The molecule has 0 aromatic heterocycles. The zero-order chi connectivity index (χ0) is 14.0. The fraction of sp³-hybridized carbons (Fsp3) is 0.533. The van der Waals surface area contributed by atoms with Crippen molar-refractivity contribution < 1.29 is 9.90 Å². The van der Waals surface area contributed by atoms with E-state index < -0.39 is 0 Å². The molecule has 4 heteroatoms. The summed E-state index contributed by atoms with van der Waals surface area (Å²) >= 11 is 0. The van der Waals surface area contributed by atoms with Gasteiger partial charge in [-0.05, 0) is 49.9 Å². The zero-order valence-electron chi connectivity index (χ0n) is 11.9. The van der Waals surface area contributed by atoms with Crippen LogP contribution in [0, 0.1) is 13.8 Å². The fourth-order valence-corrected chi connectivity index (χ4v) is 2.85. The highest BCUT2D eigenvalue weighted by molar-refractivity contribution is 5.81. The van der Waals surface area contributed by atoms with Gasteiger partial charge in [-0.2, -0.15) is 0 Å². The second kappa shape index (κ2) is 5.61. The molecular weight excluding hydrogens is 240 g/mol. The van der Waals surface area contributed by atoms with E-state index in [9.17, 15) is 9.90 Å². The number of likely N-dealkylation sites (tertiary alicyclic amines) is 1. The Kier molecular flexibility index (Phi) is 4.10. The monoisotopic (exact) mass is 262 g/mol. The van der Waals surface area contributed by atoms with Crippen LogP contribution in [0.5, 0.6) is 5.75 Å². The summed E-state index contributed by atoms with van der Waals surface area (Å²) in [5.41, 5.74) is 2.94. The Labute approximate surface area is 114 Å². The van der Waals surface area contributed by atoms with Crippen LogP contribution in [0.1, 0.15) is 29.5 Å². The molecule has 1 aliphatic rings. The van der Waals surface area contributed by atoms with Crippen LogP contribution in [0.2, 0.25) is 0 Å². The van der Waals surface area contributed by atoms with Crippen molar-refractivity contribution in [2.75, 3.05) is 13.6 Å². The van der Waals surface area contributed by atoms with Gasteiger partial charge in [0.25, 0.3) is 0 Å². The van der Waals surface area contributed by atoms with Crippen molar-refractivity contribution in [3.8, 4) is 5.75 Å². The van der Waals surface area contributed by atoms with E-state index in [1.54, 1.807) is 7.05 Å². The molecule has 2 rings (SSSR count). The van der Waals surface area contributed by atoms with E-state index in [1.165, 1.54) is 0 Å². The van der Waals surface area contributed by atoms with Crippen LogP contribution in [0.25, 0.3) is 0 Å². The first kappa shape index (κ1) is 13.9. The van der Waals surface area contributed by atoms with Crippen LogP contribution >= 0.6 is 0 Å². The van der Waals surface area contributed by atoms with E-state index in [-0.39, 0.29) is 11.9 Å². The summed E-state index contributed by atoms with van der Waals surface area (Å²) in [4.78, 5) is 14.0. The number of carbonyl (C=O) groups excluding carboxylic acids is 1. The van der Waals surface area contributed by atoms with Crippen LogP contribution in [-0.4, -0.2) is 35.5 Å². The van der Waals surface area contributed by atoms with Gasteiger partial charge in [0.15, 0.2) is 0 Å². The third kappa shape index (κ3) is 2.89. The Morgan fingerprint density at radius 2 is 2.05 bits per heavy atom. The quantitative estimate of drug-likeness (QED) is 0.872. The number of aryl methyl sites for hydroxylation is 2. The maximum absolute atomic E-state index is 11.8. The lowest BCUT2D eigenvalue weighted by atomic mass is 10.0. The van der Waals surface area contributed by atoms with Gasteiger partial charge in [-0.25, -0.2) is 0 Å². The molecule has 1 aliphatic heterocycles. The van der Waals surface area contributed by atoms with Gasteiger partial charge in [-0.3, -0.25) is 9.69 Å². The van der Waals surface area contributed by atoms with Crippen molar-refractivity contribution in [3.63, 3.8) is 0 Å². The Hall–Kier alpha value is -1.55. The minimum atomic E-state index is -0.0144. The lowest BCUT2D eigenvalue weighted by molar-refractivity contribution is -0.125. The van der Waals surface area contributed by atoms with E-state index in [2.05, 4.69) is 10.2 Å². The largest absolute Gasteiger partial charge is 0.507 e. The predicted molar refractivity (Wildman–Crippen MR) is 75.1 cm³/mol. The number of rotatable bonds is 3. The Balaban J connectivity index is 2.14. The third-order valence-corrected chi connectivity index (χ3v) is 3.85. The molecule has 19 heavy (non-hydrogen) atoms. The molecule has 1 fully saturated rings. The van der Waals surface area contributed by atoms with Crippen molar-refractivity contribution in [1.82, 2.24) is 10.2 Å². The molecule has 104 valence electrons. The Morgan fingerprint density at radius 1 is 1.42 bits per heavy atom. The number of hydrogen-bond acceptors (Lipinski definition) is 3. The van der Waals surface area contributed by atoms with Crippen LogP contribution in [0.15, 0.2) is 12.1 Å². The third-order valence-electron chi connectivity index (χ3n) is 3.85. The highest BCUT2D eigenvalue weighted by Crippen LogP contribution is 2.26. The van der Waals surface area contributed by atoms with E-state index in [0.29, 0.717) is 5.75 Å². The topological polar surface area (TPSA) is 52.6 Å². The van der Waals surface area contributed by atoms with Crippen molar-refractivity contribution in [2.24, 2.45) is 0 Å². The summed E-state index contributed by atoms with van der Waals surface area (Å²) in [5.74, 6) is 0.470. The second-order valence-corrected chi connectivity index (χ2v) is 5.32. The number of carbonyl (C=O) groups is 1. The minimum absolute atomic E-state index is 0.0144. The molecule has 1 heterocycles. The summed E-state index contributed by atoms with van der Waals surface area (Å²) in [6.07, 6.45) is 1.99. The molecule has 0 saturated carbocycles. The molecular formula is C15H22N2O2. The molecule has 1 unspecified atom stereocenters. The molecule has 1 aromatic carbocycles. The summed E-state index contributed by atoms with van der Waals surface area (Å²) in [6, 6.07) is 3.99. The van der Waals surface area contributed by atoms with Crippen molar-refractivity contribution >= 4 is 5.91 Å². The van der Waals surface area contributed by atoms with Gasteiger partial charge in [0.05, 0.1) is 6.04 Å². The van der Waals surface area contributed by atoms with Crippen LogP contribution < -0.4 is 5.32 Å². The number of likely N-dealkylation sites (N-methyl/N-ethyl adjacent to an activating group) is 1. The number of hydrogen-bond donors (Lipinski definition) is 2. The van der Waals surface area contributed by atoms with Crippen molar-refractivity contribution in [3.05, 3.63) is 28.8 Å². The summed E-state index contributed by atoms with van der Waals surface area (Å²) < 4.78 is 0. The highest BCUT2D eigenvalue weighted by atomic mass is 16.3. The maximum atomic E-state index is 11.8. The standard InChI is InChI=1S/C15H22N2O2/c1-10-7-12(8-11(2)14(10)18)9-17-6-4-5-13(17)15(19)16-3/h7-8,13,18H,4-6,9H2,1-3H3,(H,16,19). The minimum Gasteiger partial charge on any atom is -0.507 e. The first-order valence-corrected chi connectivity index (χ1v) is 6.77. The van der Waals surface area contributed by atoms with E-state index in [0.717, 1.165) is 42.6 Å². The predicted octanol–water partition coefficient (Wildman–Crippen LogP) is 1.72. The Bertz CT molecular complexity index is 462. The number of nitrogens with one attached hydrogen (secondary N) is 1. The lowest BCUT2D eigenvalue weighted by Gasteiger charge is -2.23. The molecule has 2 N–H and O–H groups in total. The van der Waals surface area contributed by atoms with E-state index in [1.807, 2.05) is 26.0 Å². The average molecular weight is 262 g/mol. The van der Waals surface area contributed by atoms with E-state index >= 15 is 0 Å². The molecule has 0 aliphatic carbocycles. The van der Waals surface area contributed by atoms with Crippen molar-refractivity contribution in [2.45, 2.75) is 39.3 Å². The lowest BCUT2D eigenvalue weighted by Crippen LogP contribution is -2.41. The molecule has 0 spiro atoms. The van der Waals surface area contributed by atoms with Gasteiger partial charge in [0, 0.05) is 13.6 Å². The number of amides is 1. The molecule has 0 radical (unpaired) electrons. The van der Waals surface area contributed by atoms with Crippen LogP contribution in [0.3, 0.4) is 0 Å². The van der Waals surface area contributed by atoms with Crippen LogP contribution in [-0.2, 0) is 11.3 Å². The smallest absolute Gasteiger partial charge is 0.237 e. The summed E-state index contributed by atoms with van der Waals surface area (Å²) in [6.45, 7) is 5.54. The fourth-order valence-electron chi connectivity index (χ4n) is 2.85. The van der Waals surface area contributed by atoms with Gasteiger partial charge >= 0.3 is 0 Å². The molecule has 0 bridgehead atoms. The molecule has 1 saturated heterocycles. The number of benzene rings is 1.